The van der Waals surface area contributed by atoms with Crippen molar-refractivity contribution in [2.75, 3.05) is 0 Å². The smallest absolute Gasteiger partial charge is 0.379 e. The first kappa shape index (κ1) is 12.3. The highest BCUT2D eigenvalue weighted by Crippen LogP contribution is 2.32. The molecule has 0 amide bonds. The molecule has 1 unspecified atom stereocenters. The zero-order chi connectivity index (χ0) is 13.3. The molecule has 18 heavy (non-hydrogen) atoms. The van der Waals surface area contributed by atoms with Crippen LogP contribution < -0.4 is 5.76 Å². The number of aromatic nitrogens is 3. The third-order valence-corrected chi connectivity index (χ3v) is 2.09. The van der Waals surface area contributed by atoms with Crippen molar-refractivity contribution in [2.24, 2.45) is 0 Å². The highest BCUT2D eigenvalue weighted by Gasteiger charge is 2.39. The average molecular weight is 261 g/mol. The molecule has 0 aliphatic rings. The number of rotatable bonds is 2. The third kappa shape index (κ3) is 2.40. The Hall–Kier alpha value is -2.16. The Kier molecular flexibility index (Phi) is 2.91. The Bertz CT molecular complexity index is 605. The zero-order valence-electron chi connectivity index (χ0n) is 8.60. The van der Waals surface area contributed by atoms with Crippen LogP contribution in [0.15, 0.2) is 27.6 Å². The number of nitrogens with one attached hydrogen (secondary N) is 1. The lowest BCUT2D eigenvalue weighted by molar-refractivity contribution is -0.206. The van der Waals surface area contributed by atoms with Crippen LogP contribution in [0, 0.1) is 0 Å². The van der Waals surface area contributed by atoms with Crippen LogP contribution in [0.4, 0.5) is 13.2 Å². The number of halogens is 3. The minimum atomic E-state index is -4.78. The topological polar surface area (TPSA) is 92.0 Å². The quantitative estimate of drug-likeness (QED) is 0.842. The maximum atomic E-state index is 12.3. The maximum absolute atomic E-state index is 12.3. The van der Waals surface area contributed by atoms with Gasteiger partial charge in [0.1, 0.15) is 5.69 Å². The normalized spacial score (nSPS) is 13.6. The van der Waals surface area contributed by atoms with Crippen molar-refractivity contribution in [2.45, 2.75) is 12.3 Å². The number of pyridine rings is 1. The standard InChI is InChI=1S/C9H6F3N3O3/c10-9(11,12)6(16)4-1-2-13-5(3-4)7-14-8(17)18-15-7/h1-3,6,16H,(H,14,15,17). The summed E-state index contributed by atoms with van der Waals surface area (Å²) in [6.07, 6.45) is -6.35. The highest BCUT2D eigenvalue weighted by molar-refractivity contribution is 5.49. The van der Waals surface area contributed by atoms with Crippen LogP contribution in [0.1, 0.15) is 11.7 Å². The lowest BCUT2D eigenvalue weighted by atomic mass is 10.1. The number of alkyl halides is 3. The number of aromatic amines is 1. The van der Waals surface area contributed by atoms with E-state index >= 15 is 0 Å². The van der Waals surface area contributed by atoms with Crippen LogP contribution >= 0.6 is 0 Å². The number of aliphatic hydroxyl groups excluding tert-OH is 1. The number of aliphatic hydroxyl groups is 1. The van der Waals surface area contributed by atoms with E-state index < -0.39 is 23.6 Å². The fourth-order valence-electron chi connectivity index (χ4n) is 1.28. The predicted octanol–water partition coefficient (Wildman–Crippen LogP) is 1.02. The van der Waals surface area contributed by atoms with Gasteiger partial charge in [0, 0.05) is 6.20 Å². The monoisotopic (exact) mass is 261 g/mol. The molecule has 0 fully saturated rings. The van der Waals surface area contributed by atoms with E-state index in [0.717, 1.165) is 18.3 Å². The van der Waals surface area contributed by atoms with Crippen molar-refractivity contribution in [1.82, 2.24) is 15.1 Å². The highest BCUT2D eigenvalue weighted by atomic mass is 19.4. The molecule has 2 aromatic rings. The molecular formula is C9H6F3N3O3. The Labute approximate surface area is 97.1 Å². The summed E-state index contributed by atoms with van der Waals surface area (Å²) in [7, 11) is 0. The Morgan fingerprint density at radius 1 is 1.44 bits per heavy atom. The van der Waals surface area contributed by atoms with Gasteiger partial charge >= 0.3 is 11.9 Å². The molecule has 9 heteroatoms. The zero-order valence-corrected chi connectivity index (χ0v) is 8.60. The fourth-order valence-corrected chi connectivity index (χ4v) is 1.28. The van der Waals surface area contributed by atoms with Crippen LogP contribution in [0.3, 0.4) is 0 Å². The van der Waals surface area contributed by atoms with E-state index in [0.29, 0.717) is 0 Å². The van der Waals surface area contributed by atoms with Crippen molar-refractivity contribution in [1.29, 1.82) is 0 Å². The van der Waals surface area contributed by atoms with Gasteiger partial charge in [0.05, 0.1) is 0 Å². The van der Waals surface area contributed by atoms with Gasteiger partial charge in [-0.25, -0.2) is 4.79 Å². The summed E-state index contributed by atoms with van der Waals surface area (Å²) >= 11 is 0. The summed E-state index contributed by atoms with van der Waals surface area (Å²) in [6, 6.07) is 1.98. The molecule has 2 rings (SSSR count). The molecule has 0 aliphatic carbocycles. The summed E-state index contributed by atoms with van der Waals surface area (Å²) < 4.78 is 41.1. The lowest BCUT2D eigenvalue weighted by Gasteiger charge is -2.14. The van der Waals surface area contributed by atoms with E-state index in [2.05, 4.69) is 19.6 Å². The number of H-pyrrole nitrogens is 1. The van der Waals surface area contributed by atoms with Crippen LogP contribution in [0.2, 0.25) is 0 Å². The molecular weight excluding hydrogens is 255 g/mol. The molecule has 96 valence electrons. The van der Waals surface area contributed by atoms with E-state index in [1.807, 2.05) is 0 Å². The Morgan fingerprint density at radius 2 is 2.17 bits per heavy atom. The van der Waals surface area contributed by atoms with Gasteiger partial charge in [-0.3, -0.25) is 14.5 Å². The molecule has 0 saturated carbocycles. The van der Waals surface area contributed by atoms with E-state index in [1.54, 1.807) is 0 Å². The lowest BCUT2D eigenvalue weighted by Crippen LogP contribution is -2.20. The summed E-state index contributed by atoms with van der Waals surface area (Å²) in [5.74, 6) is -0.968. The van der Waals surface area contributed by atoms with E-state index in [9.17, 15) is 18.0 Å². The summed E-state index contributed by atoms with van der Waals surface area (Å²) in [4.78, 5) is 16.6. The van der Waals surface area contributed by atoms with Crippen LogP contribution in [-0.2, 0) is 0 Å². The van der Waals surface area contributed by atoms with Crippen molar-refractivity contribution in [3.63, 3.8) is 0 Å². The van der Waals surface area contributed by atoms with Gasteiger partial charge in [0.15, 0.2) is 6.10 Å². The summed E-state index contributed by atoms with van der Waals surface area (Å²) in [6.45, 7) is 0. The van der Waals surface area contributed by atoms with Crippen LogP contribution in [0.25, 0.3) is 11.5 Å². The Morgan fingerprint density at radius 3 is 2.72 bits per heavy atom. The first-order valence-electron chi connectivity index (χ1n) is 4.65. The molecule has 0 aliphatic heterocycles. The fraction of sp³-hybridized carbons (Fsp3) is 0.222. The third-order valence-electron chi connectivity index (χ3n) is 2.09. The molecule has 0 aromatic carbocycles. The van der Waals surface area contributed by atoms with Crippen molar-refractivity contribution >= 4 is 0 Å². The molecule has 0 saturated heterocycles. The molecule has 1 atom stereocenters. The minimum absolute atomic E-state index is 0.0401. The molecule has 0 spiro atoms. The second kappa shape index (κ2) is 4.26. The van der Waals surface area contributed by atoms with Gasteiger partial charge in [-0.15, -0.1) is 0 Å². The van der Waals surface area contributed by atoms with E-state index in [1.165, 1.54) is 0 Å². The first-order chi connectivity index (χ1) is 8.38. The van der Waals surface area contributed by atoms with Gasteiger partial charge in [-0.05, 0) is 17.7 Å². The Balaban J connectivity index is 2.39. The van der Waals surface area contributed by atoms with Gasteiger partial charge in [0.25, 0.3) is 0 Å². The molecule has 0 radical (unpaired) electrons. The molecule has 0 bridgehead atoms. The maximum Gasteiger partial charge on any atom is 0.439 e. The van der Waals surface area contributed by atoms with Gasteiger partial charge in [0.2, 0.25) is 5.82 Å². The average Bonchev–Trinajstić information content (AvgIpc) is 2.74. The number of hydrogen-bond acceptors (Lipinski definition) is 5. The summed E-state index contributed by atoms with van der Waals surface area (Å²) in [5, 5.41) is 12.3. The largest absolute Gasteiger partial charge is 0.439 e. The second-order valence-electron chi connectivity index (χ2n) is 3.36. The summed E-state index contributed by atoms with van der Waals surface area (Å²) in [5.41, 5.74) is -0.446. The van der Waals surface area contributed by atoms with Gasteiger partial charge in [-0.2, -0.15) is 13.2 Å². The van der Waals surface area contributed by atoms with Gasteiger partial charge < -0.3 is 5.11 Å². The number of nitrogens with zero attached hydrogens (tertiary/aromatic N) is 2. The molecule has 2 N–H and O–H groups in total. The first-order valence-corrected chi connectivity index (χ1v) is 4.65. The molecule has 2 heterocycles. The minimum Gasteiger partial charge on any atom is -0.379 e. The molecule has 2 aromatic heterocycles. The van der Waals surface area contributed by atoms with Crippen molar-refractivity contribution < 1.29 is 22.8 Å². The SMILES string of the molecule is O=c1[nH]c(-c2cc(C(O)C(F)(F)F)ccn2)no1. The predicted molar refractivity (Wildman–Crippen MR) is 51.4 cm³/mol. The van der Waals surface area contributed by atoms with Gasteiger partial charge in [-0.1, -0.05) is 5.16 Å². The van der Waals surface area contributed by atoms with Crippen molar-refractivity contribution in [3.8, 4) is 11.5 Å². The van der Waals surface area contributed by atoms with E-state index in [-0.39, 0.29) is 11.5 Å². The number of hydrogen-bond donors (Lipinski definition) is 2. The van der Waals surface area contributed by atoms with E-state index in [4.69, 9.17) is 5.11 Å². The van der Waals surface area contributed by atoms with Crippen molar-refractivity contribution in [3.05, 3.63) is 34.4 Å². The second-order valence-corrected chi connectivity index (χ2v) is 3.36. The van der Waals surface area contributed by atoms with Crippen LogP contribution in [-0.4, -0.2) is 26.4 Å². The molecule has 6 nitrogen and oxygen atoms in total. The van der Waals surface area contributed by atoms with Crippen LogP contribution in [0.5, 0.6) is 0 Å².